The molecule has 66 valence electrons. The van der Waals surface area contributed by atoms with Crippen LogP contribution in [0.3, 0.4) is 0 Å². The van der Waals surface area contributed by atoms with Crippen molar-refractivity contribution in [2.75, 3.05) is 6.61 Å². The molecule has 0 aliphatic heterocycles. The molecular weight excluding hydrogens is 138 g/mol. The van der Waals surface area contributed by atoms with Crippen molar-refractivity contribution in [1.82, 2.24) is 5.32 Å². The van der Waals surface area contributed by atoms with E-state index in [1.807, 2.05) is 0 Å². The highest BCUT2D eigenvalue weighted by Crippen LogP contribution is 2.36. The van der Waals surface area contributed by atoms with E-state index < -0.39 is 0 Å². The van der Waals surface area contributed by atoms with E-state index in [0.717, 1.165) is 19.3 Å². The van der Waals surface area contributed by atoms with Crippen LogP contribution in [0.2, 0.25) is 0 Å². The van der Waals surface area contributed by atoms with Gasteiger partial charge in [-0.05, 0) is 33.1 Å². The van der Waals surface area contributed by atoms with Gasteiger partial charge in [0.1, 0.15) is 0 Å². The Bertz CT molecular complexity index is 134. The predicted octanol–water partition coefficient (Wildman–Crippen LogP) is 1.29. The van der Waals surface area contributed by atoms with Crippen LogP contribution in [0.5, 0.6) is 0 Å². The first-order valence-corrected chi connectivity index (χ1v) is 4.44. The number of hydrogen-bond donors (Lipinski definition) is 2. The summed E-state index contributed by atoms with van der Waals surface area (Å²) < 4.78 is 0. The van der Waals surface area contributed by atoms with Gasteiger partial charge in [-0.1, -0.05) is 6.92 Å². The number of hydrogen-bond acceptors (Lipinski definition) is 2. The first kappa shape index (κ1) is 9.01. The van der Waals surface area contributed by atoms with E-state index in [9.17, 15) is 0 Å². The molecule has 1 fully saturated rings. The van der Waals surface area contributed by atoms with Gasteiger partial charge in [-0.3, -0.25) is 0 Å². The zero-order valence-electron chi connectivity index (χ0n) is 7.78. The summed E-state index contributed by atoms with van der Waals surface area (Å²) in [4.78, 5) is 0. The Hall–Kier alpha value is -0.0800. The van der Waals surface area contributed by atoms with Gasteiger partial charge in [0.05, 0.1) is 6.61 Å². The second kappa shape index (κ2) is 2.76. The molecule has 0 saturated heterocycles. The molecule has 0 spiro atoms. The van der Waals surface area contributed by atoms with Crippen molar-refractivity contribution in [2.45, 2.75) is 51.1 Å². The van der Waals surface area contributed by atoms with Crippen molar-refractivity contribution in [3.63, 3.8) is 0 Å². The Labute approximate surface area is 69.0 Å². The highest BCUT2D eigenvalue weighted by molar-refractivity contribution is 5.04. The average Bonchev–Trinajstić information content (AvgIpc) is 2.69. The van der Waals surface area contributed by atoms with Crippen molar-refractivity contribution in [1.29, 1.82) is 0 Å². The van der Waals surface area contributed by atoms with Gasteiger partial charge < -0.3 is 10.4 Å². The zero-order valence-corrected chi connectivity index (χ0v) is 7.78. The lowest BCUT2D eigenvalue weighted by Gasteiger charge is -2.30. The van der Waals surface area contributed by atoms with Crippen molar-refractivity contribution in [3.05, 3.63) is 0 Å². The number of aliphatic hydroxyl groups excluding tert-OH is 1. The van der Waals surface area contributed by atoms with E-state index in [2.05, 4.69) is 26.1 Å². The highest BCUT2D eigenvalue weighted by Gasteiger charge is 2.44. The van der Waals surface area contributed by atoms with E-state index >= 15 is 0 Å². The average molecular weight is 157 g/mol. The van der Waals surface area contributed by atoms with Crippen LogP contribution in [0.4, 0.5) is 0 Å². The first-order valence-electron chi connectivity index (χ1n) is 4.44. The molecule has 0 aromatic rings. The minimum atomic E-state index is 0.0828. The van der Waals surface area contributed by atoms with Crippen LogP contribution in [0.1, 0.15) is 40.0 Å². The molecule has 2 nitrogen and oxygen atoms in total. The maximum atomic E-state index is 9.05. The molecular formula is C9H19NO. The summed E-state index contributed by atoms with van der Waals surface area (Å²) in [6, 6.07) is 0. The van der Waals surface area contributed by atoms with Gasteiger partial charge in [0.15, 0.2) is 0 Å². The summed E-state index contributed by atoms with van der Waals surface area (Å²) in [5, 5.41) is 12.5. The second-order valence-electron chi connectivity index (χ2n) is 4.30. The van der Waals surface area contributed by atoms with E-state index in [1.54, 1.807) is 0 Å². The summed E-state index contributed by atoms with van der Waals surface area (Å²) in [7, 11) is 0. The molecule has 2 heteroatoms. The fourth-order valence-corrected chi connectivity index (χ4v) is 1.28. The molecule has 2 N–H and O–H groups in total. The van der Waals surface area contributed by atoms with E-state index in [0.29, 0.717) is 0 Å². The van der Waals surface area contributed by atoms with Crippen molar-refractivity contribution in [2.24, 2.45) is 0 Å². The molecule has 0 bridgehead atoms. The van der Waals surface area contributed by atoms with Gasteiger partial charge in [-0.15, -0.1) is 0 Å². The standard InChI is InChI=1S/C9H19NO/c1-4-8(2,3)10-9(7-11)5-6-9/h10-11H,4-7H2,1-3H3. The van der Waals surface area contributed by atoms with Crippen LogP contribution in [-0.4, -0.2) is 22.8 Å². The number of nitrogens with one attached hydrogen (secondary N) is 1. The fraction of sp³-hybridized carbons (Fsp3) is 1.00. The van der Waals surface area contributed by atoms with Gasteiger partial charge in [0.25, 0.3) is 0 Å². The van der Waals surface area contributed by atoms with E-state index in [4.69, 9.17) is 5.11 Å². The van der Waals surface area contributed by atoms with Crippen molar-refractivity contribution in [3.8, 4) is 0 Å². The van der Waals surface area contributed by atoms with Gasteiger partial charge in [-0.25, -0.2) is 0 Å². The summed E-state index contributed by atoms with van der Waals surface area (Å²) in [5.41, 5.74) is 0.263. The Morgan fingerprint density at radius 1 is 1.45 bits per heavy atom. The monoisotopic (exact) mass is 157 g/mol. The van der Waals surface area contributed by atoms with Crippen LogP contribution in [0.15, 0.2) is 0 Å². The van der Waals surface area contributed by atoms with Crippen LogP contribution in [0, 0.1) is 0 Å². The summed E-state index contributed by atoms with van der Waals surface area (Å²) in [6.45, 7) is 6.82. The van der Waals surface area contributed by atoms with Crippen molar-refractivity contribution < 1.29 is 5.11 Å². The summed E-state index contributed by atoms with van der Waals surface area (Å²) in [6.07, 6.45) is 3.37. The van der Waals surface area contributed by atoms with Gasteiger partial charge in [-0.2, -0.15) is 0 Å². The molecule has 0 amide bonds. The Morgan fingerprint density at radius 2 is 2.00 bits per heavy atom. The summed E-state index contributed by atoms with van der Waals surface area (Å²) >= 11 is 0. The maximum absolute atomic E-state index is 9.05. The Morgan fingerprint density at radius 3 is 2.27 bits per heavy atom. The molecule has 1 aliphatic carbocycles. The van der Waals surface area contributed by atoms with Crippen molar-refractivity contribution >= 4 is 0 Å². The minimum absolute atomic E-state index is 0.0828. The lowest BCUT2D eigenvalue weighted by atomic mass is 10.00. The van der Waals surface area contributed by atoms with Crippen LogP contribution < -0.4 is 5.32 Å². The minimum Gasteiger partial charge on any atom is -0.394 e. The van der Waals surface area contributed by atoms with Crippen LogP contribution in [0.25, 0.3) is 0 Å². The highest BCUT2D eigenvalue weighted by atomic mass is 16.3. The van der Waals surface area contributed by atoms with E-state index in [1.165, 1.54) is 0 Å². The fourth-order valence-electron chi connectivity index (χ4n) is 1.28. The zero-order chi connectivity index (χ0) is 8.54. The molecule has 11 heavy (non-hydrogen) atoms. The quantitative estimate of drug-likeness (QED) is 0.644. The second-order valence-corrected chi connectivity index (χ2v) is 4.30. The SMILES string of the molecule is CCC(C)(C)NC1(CO)CC1. The Balaban J connectivity index is 2.41. The number of aliphatic hydroxyl groups is 1. The normalized spacial score (nSPS) is 21.8. The third kappa shape index (κ3) is 2.17. The topological polar surface area (TPSA) is 32.3 Å². The largest absolute Gasteiger partial charge is 0.394 e. The molecule has 0 heterocycles. The molecule has 0 radical (unpaired) electrons. The molecule has 0 unspecified atom stereocenters. The van der Waals surface area contributed by atoms with Gasteiger partial charge in [0.2, 0.25) is 0 Å². The third-order valence-electron chi connectivity index (χ3n) is 2.64. The third-order valence-corrected chi connectivity index (χ3v) is 2.64. The summed E-state index contributed by atoms with van der Waals surface area (Å²) in [5.74, 6) is 0. The van der Waals surface area contributed by atoms with Gasteiger partial charge in [0, 0.05) is 11.1 Å². The first-order chi connectivity index (χ1) is 5.04. The molecule has 1 rings (SSSR count). The molecule has 0 aromatic carbocycles. The van der Waals surface area contributed by atoms with Gasteiger partial charge >= 0.3 is 0 Å². The lowest BCUT2D eigenvalue weighted by molar-refractivity contribution is 0.194. The van der Waals surface area contributed by atoms with E-state index in [-0.39, 0.29) is 17.7 Å². The van der Waals surface area contributed by atoms with Crippen LogP contribution >= 0.6 is 0 Å². The smallest absolute Gasteiger partial charge is 0.0613 e. The molecule has 0 atom stereocenters. The lowest BCUT2D eigenvalue weighted by Crippen LogP contribution is -2.48. The molecule has 0 aromatic heterocycles. The molecule has 1 saturated carbocycles. The predicted molar refractivity (Wildman–Crippen MR) is 46.6 cm³/mol. The van der Waals surface area contributed by atoms with Crippen LogP contribution in [-0.2, 0) is 0 Å². The Kier molecular flexibility index (Phi) is 2.26. The maximum Gasteiger partial charge on any atom is 0.0613 e. The molecule has 1 aliphatic rings. The number of rotatable bonds is 4.